The molecule has 102 valence electrons. The van der Waals surface area contributed by atoms with E-state index in [1.54, 1.807) is 0 Å². The first-order chi connectivity index (χ1) is 8.78. The number of nitrogens with one attached hydrogen (secondary N) is 2. The molecule has 4 N–H and O–H groups in total. The van der Waals surface area contributed by atoms with E-state index in [9.17, 15) is 0 Å². The Bertz CT molecular complexity index is 282. The van der Waals surface area contributed by atoms with E-state index in [0.29, 0.717) is 24.2 Å². The molecule has 4 nitrogen and oxygen atoms in total. The molecule has 0 aliphatic heterocycles. The first kappa shape index (κ1) is 13.6. The lowest BCUT2D eigenvalue weighted by atomic mass is 9.87. The fraction of sp³-hybridized carbons (Fsp3) is 0.857. The third-order valence-electron chi connectivity index (χ3n) is 4.30. The Labute approximate surface area is 110 Å². The standard InChI is InChI=1S/C14H26N4/c1-2-16-18-14-9-7-13(8-10-14)17-12-5-3-11(15)4-6-12/h11-14,17-18H,1,3-10,15H2. The molecular formula is C14H26N4. The van der Waals surface area contributed by atoms with Crippen molar-refractivity contribution in [1.82, 2.24) is 10.7 Å². The molecular weight excluding hydrogens is 224 g/mol. The molecule has 0 heterocycles. The van der Waals surface area contributed by atoms with Gasteiger partial charge in [0.1, 0.15) is 0 Å². The summed E-state index contributed by atoms with van der Waals surface area (Å²) in [4.78, 5) is 0. The van der Waals surface area contributed by atoms with Crippen LogP contribution < -0.4 is 16.5 Å². The largest absolute Gasteiger partial charge is 0.328 e. The van der Waals surface area contributed by atoms with E-state index in [4.69, 9.17) is 5.73 Å². The third-order valence-corrected chi connectivity index (χ3v) is 4.30. The Balaban J connectivity index is 1.65. The smallest absolute Gasteiger partial charge is 0.0448 e. The number of rotatable bonds is 4. The fourth-order valence-corrected chi connectivity index (χ4v) is 3.15. The van der Waals surface area contributed by atoms with Gasteiger partial charge in [-0.15, -0.1) is 5.10 Å². The summed E-state index contributed by atoms with van der Waals surface area (Å²) < 4.78 is 0. The predicted molar refractivity (Wildman–Crippen MR) is 75.6 cm³/mol. The average molecular weight is 250 g/mol. The molecule has 2 aliphatic rings. The van der Waals surface area contributed by atoms with Crippen LogP contribution in [0.4, 0.5) is 0 Å². The van der Waals surface area contributed by atoms with E-state index >= 15 is 0 Å². The zero-order chi connectivity index (χ0) is 12.8. The van der Waals surface area contributed by atoms with Crippen molar-refractivity contribution in [2.75, 3.05) is 0 Å². The van der Waals surface area contributed by atoms with E-state index in [2.05, 4.69) is 28.3 Å². The van der Waals surface area contributed by atoms with Crippen LogP contribution >= 0.6 is 0 Å². The SMILES string of the molecule is C=C=NNC1CCC(NC2CCC(N)CC2)CC1. The van der Waals surface area contributed by atoms with Crippen molar-refractivity contribution in [3.63, 3.8) is 0 Å². The molecule has 0 aromatic carbocycles. The van der Waals surface area contributed by atoms with Crippen LogP contribution in [0.15, 0.2) is 11.7 Å². The van der Waals surface area contributed by atoms with Crippen LogP contribution in [-0.4, -0.2) is 30.0 Å². The zero-order valence-corrected chi connectivity index (χ0v) is 11.2. The number of nitrogens with zero attached hydrogens (tertiary/aromatic N) is 1. The quantitative estimate of drug-likeness (QED) is 0.523. The molecule has 0 unspecified atom stereocenters. The van der Waals surface area contributed by atoms with Crippen LogP contribution in [0.1, 0.15) is 51.4 Å². The van der Waals surface area contributed by atoms with Gasteiger partial charge in [0, 0.05) is 30.0 Å². The van der Waals surface area contributed by atoms with E-state index in [0.717, 1.165) is 0 Å². The lowest BCUT2D eigenvalue weighted by molar-refractivity contribution is 0.256. The van der Waals surface area contributed by atoms with Crippen LogP contribution in [0.2, 0.25) is 0 Å². The van der Waals surface area contributed by atoms with E-state index in [1.807, 2.05) is 0 Å². The Morgan fingerprint density at radius 2 is 1.39 bits per heavy atom. The molecule has 0 bridgehead atoms. The van der Waals surface area contributed by atoms with Crippen LogP contribution in [0.5, 0.6) is 0 Å². The Morgan fingerprint density at radius 1 is 0.889 bits per heavy atom. The first-order valence-corrected chi connectivity index (χ1v) is 7.27. The third kappa shape index (κ3) is 4.13. The molecule has 0 spiro atoms. The molecule has 18 heavy (non-hydrogen) atoms. The van der Waals surface area contributed by atoms with Gasteiger partial charge in [0.15, 0.2) is 0 Å². The normalized spacial score (nSPS) is 36.7. The number of nitrogens with two attached hydrogens (primary N) is 1. The fourth-order valence-electron chi connectivity index (χ4n) is 3.15. The van der Waals surface area contributed by atoms with Crippen molar-refractivity contribution in [2.24, 2.45) is 10.8 Å². The molecule has 2 saturated carbocycles. The highest BCUT2D eigenvalue weighted by Crippen LogP contribution is 2.22. The van der Waals surface area contributed by atoms with Crippen LogP contribution in [0, 0.1) is 0 Å². The molecule has 0 atom stereocenters. The summed E-state index contributed by atoms with van der Waals surface area (Å²) in [7, 11) is 0. The van der Waals surface area contributed by atoms with E-state index in [1.165, 1.54) is 51.4 Å². The zero-order valence-electron chi connectivity index (χ0n) is 11.2. The summed E-state index contributed by atoms with van der Waals surface area (Å²) in [6.07, 6.45) is 9.73. The van der Waals surface area contributed by atoms with Crippen LogP contribution in [-0.2, 0) is 0 Å². The lowest BCUT2D eigenvalue weighted by Crippen LogP contribution is -2.45. The minimum Gasteiger partial charge on any atom is -0.328 e. The Morgan fingerprint density at radius 3 is 1.94 bits per heavy atom. The van der Waals surface area contributed by atoms with Gasteiger partial charge in [-0.25, -0.2) is 0 Å². The van der Waals surface area contributed by atoms with Crippen LogP contribution in [0.3, 0.4) is 0 Å². The minimum atomic E-state index is 0.444. The molecule has 0 aromatic heterocycles. The van der Waals surface area contributed by atoms with Crippen molar-refractivity contribution in [3.05, 3.63) is 6.58 Å². The molecule has 2 aliphatic carbocycles. The monoisotopic (exact) mass is 250 g/mol. The summed E-state index contributed by atoms with van der Waals surface area (Å²) >= 11 is 0. The van der Waals surface area contributed by atoms with Crippen molar-refractivity contribution in [1.29, 1.82) is 0 Å². The predicted octanol–water partition coefficient (Wildman–Crippen LogP) is 1.52. The maximum Gasteiger partial charge on any atom is 0.0448 e. The van der Waals surface area contributed by atoms with Crippen molar-refractivity contribution >= 4 is 5.87 Å². The van der Waals surface area contributed by atoms with E-state index < -0.39 is 0 Å². The average Bonchev–Trinajstić information content (AvgIpc) is 2.41. The van der Waals surface area contributed by atoms with Gasteiger partial charge >= 0.3 is 0 Å². The summed E-state index contributed by atoms with van der Waals surface area (Å²) in [6.45, 7) is 3.47. The topological polar surface area (TPSA) is 62.4 Å². The van der Waals surface area contributed by atoms with Gasteiger partial charge in [-0.2, -0.15) is 0 Å². The molecule has 0 radical (unpaired) electrons. The second-order valence-electron chi connectivity index (χ2n) is 5.73. The van der Waals surface area contributed by atoms with Gasteiger partial charge in [0.2, 0.25) is 0 Å². The van der Waals surface area contributed by atoms with Crippen molar-refractivity contribution < 1.29 is 0 Å². The molecule has 0 amide bonds. The maximum atomic E-state index is 5.94. The summed E-state index contributed by atoms with van der Waals surface area (Å²) in [6, 6.07) is 2.34. The highest BCUT2D eigenvalue weighted by molar-refractivity contribution is 5.45. The molecule has 2 rings (SSSR count). The highest BCUT2D eigenvalue weighted by atomic mass is 15.3. The Kier molecular flexibility index (Phi) is 5.24. The second kappa shape index (κ2) is 6.93. The van der Waals surface area contributed by atoms with Gasteiger partial charge in [0.25, 0.3) is 0 Å². The van der Waals surface area contributed by atoms with Gasteiger partial charge in [-0.1, -0.05) is 0 Å². The minimum absolute atomic E-state index is 0.444. The van der Waals surface area contributed by atoms with E-state index in [-0.39, 0.29) is 0 Å². The summed E-state index contributed by atoms with van der Waals surface area (Å²) in [5.41, 5.74) is 9.05. The summed E-state index contributed by atoms with van der Waals surface area (Å²) in [5, 5.41) is 7.71. The van der Waals surface area contributed by atoms with Gasteiger partial charge in [-0.3, -0.25) is 5.43 Å². The lowest BCUT2D eigenvalue weighted by Gasteiger charge is -2.34. The van der Waals surface area contributed by atoms with Gasteiger partial charge < -0.3 is 11.1 Å². The molecule has 4 heteroatoms. The first-order valence-electron chi connectivity index (χ1n) is 7.27. The number of hydrogen-bond acceptors (Lipinski definition) is 4. The number of hydrogen-bond donors (Lipinski definition) is 3. The van der Waals surface area contributed by atoms with Crippen molar-refractivity contribution in [2.45, 2.75) is 75.5 Å². The van der Waals surface area contributed by atoms with Gasteiger partial charge in [0.05, 0.1) is 0 Å². The number of hydrazone groups is 1. The van der Waals surface area contributed by atoms with Gasteiger partial charge in [-0.05, 0) is 57.9 Å². The maximum absolute atomic E-state index is 5.94. The molecule has 0 aromatic rings. The molecule has 0 saturated heterocycles. The molecule has 2 fully saturated rings. The van der Waals surface area contributed by atoms with Crippen molar-refractivity contribution in [3.8, 4) is 0 Å². The highest BCUT2D eigenvalue weighted by Gasteiger charge is 2.25. The Hall–Kier alpha value is -0.830. The second-order valence-corrected chi connectivity index (χ2v) is 5.73. The summed E-state index contributed by atoms with van der Waals surface area (Å²) in [5.74, 6) is 2.53. The van der Waals surface area contributed by atoms with Crippen LogP contribution in [0.25, 0.3) is 0 Å².